The van der Waals surface area contributed by atoms with E-state index >= 15 is 0 Å². The van der Waals surface area contributed by atoms with Gasteiger partial charge in [0.1, 0.15) is 5.82 Å². The molecule has 34 heavy (non-hydrogen) atoms. The number of aryl methyl sites for hydroxylation is 1. The summed E-state index contributed by atoms with van der Waals surface area (Å²) in [5, 5.41) is 19.3. The molecule has 0 aliphatic heterocycles. The Balaban J connectivity index is 1.78. The first-order valence-corrected chi connectivity index (χ1v) is 11.7. The van der Waals surface area contributed by atoms with Crippen LogP contribution in [0.5, 0.6) is 5.88 Å². The molecule has 0 fully saturated rings. The van der Waals surface area contributed by atoms with E-state index < -0.39 is 11.4 Å². The fourth-order valence-corrected chi connectivity index (χ4v) is 4.03. The molecule has 3 heterocycles. The van der Waals surface area contributed by atoms with Gasteiger partial charge in [-0.25, -0.2) is 0 Å². The summed E-state index contributed by atoms with van der Waals surface area (Å²) in [7, 11) is 0. The van der Waals surface area contributed by atoms with Gasteiger partial charge in [0.25, 0.3) is 11.4 Å². The monoisotopic (exact) mass is 479 g/mol. The van der Waals surface area contributed by atoms with Gasteiger partial charge in [-0.15, -0.1) is 10.2 Å². The second-order valence-corrected chi connectivity index (χ2v) is 8.42. The third-order valence-corrected chi connectivity index (χ3v) is 5.83. The van der Waals surface area contributed by atoms with Gasteiger partial charge < -0.3 is 9.52 Å². The van der Waals surface area contributed by atoms with Crippen molar-refractivity contribution in [1.29, 1.82) is 0 Å². The number of unbranched alkanes of at least 4 members (excludes halogenated alkanes) is 1. The van der Waals surface area contributed by atoms with Crippen molar-refractivity contribution in [2.75, 3.05) is 0 Å². The quantitative estimate of drug-likeness (QED) is 0.360. The Kier molecular flexibility index (Phi) is 7.37. The summed E-state index contributed by atoms with van der Waals surface area (Å²) >= 11 is 5.89. The van der Waals surface area contributed by atoms with Crippen LogP contribution < -0.4 is 5.56 Å². The Labute approximate surface area is 202 Å². The van der Waals surface area contributed by atoms with Gasteiger partial charge >= 0.3 is 0 Å². The molecule has 0 amide bonds. The zero-order valence-corrected chi connectivity index (χ0v) is 19.9. The zero-order chi connectivity index (χ0) is 24.1. The van der Waals surface area contributed by atoms with E-state index in [2.05, 4.69) is 27.1 Å². The zero-order valence-electron chi connectivity index (χ0n) is 19.1. The predicted molar refractivity (Wildman–Crippen MR) is 129 cm³/mol. The van der Waals surface area contributed by atoms with Gasteiger partial charge in [0.2, 0.25) is 11.8 Å². The van der Waals surface area contributed by atoms with Crippen molar-refractivity contribution in [3.05, 3.63) is 87.0 Å². The van der Waals surface area contributed by atoms with E-state index in [1.807, 2.05) is 37.3 Å². The minimum atomic E-state index is -0.408. The highest BCUT2D eigenvalue weighted by Crippen LogP contribution is 2.28. The highest BCUT2D eigenvalue weighted by atomic mass is 35.5. The minimum Gasteiger partial charge on any atom is -0.493 e. The van der Waals surface area contributed by atoms with Crippen LogP contribution >= 0.6 is 11.6 Å². The Morgan fingerprint density at radius 2 is 1.91 bits per heavy atom. The highest BCUT2D eigenvalue weighted by Gasteiger charge is 2.26. The summed E-state index contributed by atoms with van der Waals surface area (Å²) in [6.45, 7) is 4.09. The van der Waals surface area contributed by atoms with Crippen LogP contribution in [-0.4, -0.2) is 29.8 Å². The first kappa shape index (κ1) is 23.6. The normalized spacial score (nSPS) is 12.1. The molecule has 0 saturated heterocycles. The van der Waals surface area contributed by atoms with Gasteiger partial charge in [-0.05, 0) is 30.5 Å². The number of aromatic hydroxyl groups is 1. The first-order valence-electron chi connectivity index (χ1n) is 11.3. The molecule has 4 rings (SSSR count). The van der Waals surface area contributed by atoms with E-state index in [0.717, 1.165) is 18.4 Å². The molecule has 176 valence electrons. The van der Waals surface area contributed by atoms with Gasteiger partial charge in [0, 0.05) is 18.3 Å². The maximum Gasteiger partial charge on any atom is 0.270 e. The van der Waals surface area contributed by atoms with E-state index in [1.165, 1.54) is 6.20 Å². The lowest BCUT2D eigenvalue weighted by atomic mass is 10.0. The molecule has 0 saturated carbocycles. The van der Waals surface area contributed by atoms with Crippen LogP contribution in [0.4, 0.5) is 0 Å². The molecule has 0 aliphatic rings. The van der Waals surface area contributed by atoms with E-state index in [-0.39, 0.29) is 29.8 Å². The number of rotatable bonds is 9. The molecule has 1 atom stereocenters. The number of halogens is 1. The van der Waals surface area contributed by atoms with Crippen LogP contribution in [0.15, 0.2) is 57.9 Å². The molecule has 1 N–H and O–H groups in total. The molecule has 1 unspecified atom stereocenters. The molecule has 9 heteroatoms. The third-order valence-electron chi connectivity index (χ3n) is 5.61. The minimum absolute atomic E-state index is 0.0716. The number of hydrogen-bond acceptors (Lipinski definition) is 7. The van der Waals surface area contributed by atoms with E-state index in [4.69, 9.17) is 16.0 Å². The van der Waals surface area contributed by atoms with Crippen LogP contribution in [0.25, 0.3) is 11.5 Å². The average Bonchev–Trinajstić information content (AvgIpc) is 3.29. The second-order valence-electron chi connectivity index (χ2n) is 7.99. The summed E-state index contributed by atoms with van der Waals surface area (Å²) in [5.74, 6) is 0.321. The van der Waals surface area contributed by atoms with Gasteiger partial charge in [-0.3, -0.25) is 14.3 Å². The van der Waals surface area contributed by atoms with Crippen LogP contribution in [0.1, 0.15) is 62.1 Å². The molecule has 0 bridgehead atoms. The van der Waals surface area contributed by atoms with Gasteiger partial charge in [0.15, 0.2) is 5.56 Å². The van der Waals surface area contributed by atoms with Crippen molar-refractivity contribution in [2.24, 2.45) is 0 Å². The SMILES string of the molecule is CCCCc1nc(O)c(-c2nnc(Cc3ccc(Cl)cn3)o2)c(=O)n1C(CC)c1ccccc1. The summed E-state index contributed by atoms with van der Waals surface area (Å²) < 4.78 is 7.41. The van der Waals surface area contributed by atoms with Gasteiger partial charge in [-0.2, -0.15) is 4.98 Å². The lowest BCUT2D eigenvalue weighted by Crippen LogP contribution is -2.31. The number of nitrogens with zero attached hydrogens (tertiary/aromatic N) is 5. The molecule has 0 spiro atoms. The number of pyridine rings is 1. The lowest BCUT2D eigenvalue weighted by Gasteiger charge is -2.23. The molecule has 0 radical (unpaired) electrons. The van der Waals surface area contributed by atoms with Crippen LogP contribution in [0.3, 0.4) is 0 Å². The second kappa shape index (κ2) is 10.6. The van der Waals surface area contributed by atoms with E-state index in [0.29, 0.717) is 29.4 Å². The first-order chi connectivity index (χ1) is 16.5. The lowest BCUT2D eigenvalue weighted by molar-refractivity contribution is 0.425. The van der Waals surface area contributed by atoms with Crippen molar-refractivity contribution in [1.82, 2.24) is 24.7 Å². The third kappa shape index (κ3) is 5.02. The van der Waals surface area contributed by atoms with Crippen LogP contribution in [0, 0.1) is 0 Å². The maximum absolute atomic E-state index is 13.8. The smallest absolute Gasteiger partial charge is 0.270 e. The summed E-state index contributed by atoms with van der Waals surface area (Å²) in [5.41, 5.74) is 1.17. The van der Waals surface area contributed by atoms with Crippen molar-refractivity contribution < 1.29 is 9.52 Å². The predicted octanol–water partition coefficient (Wildman–Crippen LogP) is 4.98. The van der Waals surface area contributed by atoms with E-state index in [9.17, 15) is 9.90 Å². The average molecular weight is 480 g/mol. The number of aromatic nitrogens is 5. The van der Waals surface area contributed by atoms with Crippen molar-refractivity contribution in [3.8, 4) is 17.3 Å². The molecular weight excluding hydrogens is 454 g/mol. The van der Waals surface area contributed by atoms with E-state index in [1.54, 1.807) is 16.7 Å². The van der Waals surface area contributed by atoms with Gasteiger partial charge in [-0.1, -0.05) is 62.2 Å². The van der Waals surface area contributed by atoms with Crippen molar-refractivity contribution >= 4 is 11.6 Å². The molecule has 1 aromatic carbocycles. The fraction of sp³-hybridized carbons (Fsp3) is 0.320. The maximum atomic E-state index is 13.8. The number of benzene rings is 1. The topological polar surface area (TPSA) is 107 Å². The number of hydrogen-bond donors (Lipinski definition) is 1. The van der Waals surface area contributed by atoms with Crippen molar-refractivity contribution in [3.63, 3.8) is 0 Å². The Morgan fingerprint density at radius 3 is 2.59 bits per heavy atom. The molecular formula is C25H26ClN5O3. The molecule has 0 aliphatic carbocycles. The standard InChI is InChI=1S/C25H26ClN5O3/c1-3-5-11-20-28-23(32)22(25(33)31(20)19(4-2)16-9-7-6-8-10-16)24-30-29-21(34-24)14-18-13-12-17(26)15-27-18/h6-10,12-13,15,19,32H,3-5,11,14H2,1-2H3. The van der Waals surface area contributed by atoms with Crippen LogP contribution in [0.2, 0.25) is 5.02 Å². The Hall–Kier alpha value is -3.52. The summed E-state index contributed by atoms with van der Waals surface area (Å²) in [6, 6.07) is 13.0. The molecule has 3 aromatic heterocycles. The molecule has 4 aromatic rings. The largest absolute Gasteiger partial charge is 0.493 e. The van der Waals surface area contributed by atoms with Gasteiger partial charge in [0.05, 0.1) is 17.5 Å². The summed E-state index contributed by atoms with van der Waals surface area (Å²) in [4.78, 5) is 22.4. The fourth-order valence-electron chi connectivity index (χ4n) is 3.92. The van der Waals surface area contributed by atoms with Crippen molar-refractivity contribution in [2.45, 2.75) is 52.0 Å². The Morgan fingerprint density at radius 1 is 1.12 bits per heavy atom. The highest BCUT2D eigenvalue weighted by molar-refractivity contribution is 6.30. The van der Waals surface area contributed by atoms with Crippen LogP contribution in [-0.2, 0) is 12.8 Å². The Bertz CT molecular complexity index is 1300. The molecule has 8 nitrogen and oxygen atoms in total. The summed E-state index contributed by atoms with van der Waals surface area (Å²) in [6.07, 6.45) is 4.82.